The van der Waals surface area contributed by atoms with Crippen LogP contribution in [-0.4, -0.2) is 39.8 Å². The van der Waals surface area contributed by atoms with Gasteiger partial charge in [-0.15, -0.1) is 0 Å². The molecule has 1 N–H and O–H groups in total. The fourth-order valence-electron chi connectivity index (χ4n) is 2.85. The number of carbonyl (C=O) groups excluding carboxylic acids is 1. The van der Waals surface area contributed by atoms with Crippen LogP contribution in [0.1, 0.15) is 33.1 Å². The Balaban J connectivity index is 2.23. The molecule has 1 aliphatic heterocycles. The number of sulfonamides is 1. The van der Waals surface area contributed by atoms with Crippen molar-refractivity contribution >= 4 is 27.3 Å². The van der Waals surface area contributed by atoms with Crippen molar-refractivity contribution in [1.29, 1.82) is 0 Å². The van der Waals surface area contributed by atoms with Crippen LogP contribution < -0.4 is 9.62 Å². The summed E-state index contributed by atoms with van der Waals surface area (Å²) < 4.78 is 30.5. The fraction of sp³-hybridized carbons (Fsp3) is 0.588. The first-order chi connectivity index (χ1) is 11.3. The molecule has 0 aliphatic carbocycles. The second-order valence-corrected chi connectivity index (χ2v) is 8.37. The summed E-state index contributed by atoms with van der Waals surface area (Å²) in [6, 6.07) is 7.08. The van der Waals surface area contributed by atoms with Crippen molar-refractivity contribution in [3.63, 3.8) is 0 Å². The summed E-state index contributed by atoms with van der Waals surface area (Å²) in [5.41, 5.74) is 1.29. The monoisotopic (exact) mass is 354 g/mol. The van der Waals surface area contributed by atoms with Crippen LogP contribution in [0.5, 0.6) is 0 Å². The van der Waals surface area contributed by atoms with Crippen LogP contribution in [0, 0.1) is 5.92 Å². The second-order valence-electron chi connectivity index (χ2n) is 6.63. The maximum Gasteiger partial charge on any atom is 0.229 e. The summed E-state index contributed by atoms with van der Waals surface area (Å²) in [4.78, 5) is 14.6. The molecule has 1 heterocycles. The lowest BCUT2D eigenvalue weighted by Crippen LogP contribution is -2.44. The second kappa shape index (κ2) is 7.98. The lowest BCUT2D eigenvalue weighted by molar-refractivity contribution is -0.120. The third kappa shape index (κ3) is 5.49. The van der Waals surface area contributed by atoms with Crippen molar-refractivity contribution in [3.8, 4) is 0 Å². The van der Waals surface area contributed by atoms with Gasteiger partial charge in [0.15, 0.2) is 0 Å². The normalized spacial score (nSPS) is 16.2. The molecule has 7 heteroatoms. The number of nitrogens with one attached hydrogen (secondary N) is 1. The van der Waals surface area contributed by atoms with E-state index < -0.39 is 10.0 Å². The van der Waals surface area contributed by atoms with E-state index in [2.05, 4.69) is 4.72 Å². The van der Waals surface area contributed by atoms with Crippen molar-refractivity contribution in [2.75, 3.05) is 29.1 Å². The van der Waals surface area contributed by atoms with E-state index >= 15 is 0 Å². The van der Waals surface area contributed by atoms with E-state index in [1.165, 1.54) is 0 Å². The SMILES string of the molecule is CC(C)CC(=O)N(c1ccc(NS(C)(=O)=O)cc1)C1CCOCC1. The molecule has 0 radical (unpaired) electrons. The molecule has 134 valence electrons. The van der Waals surface area contributed by atoms with Crippen LogP contribution >= 0.6 is 0 Å². The highest BCUT2D eigenvalue weighted by molar-refractivity contribution is 7.92. The average molecular weight is 354 g/mol. The Bertz CT molecular complexity index is 650. The standard InChI is InChI=1S/C17H26N2O4S/c1-13(2)12-17(20)19(16-8-10-23-11-9-16)15-6-4-14(5-7-15)18-24(3,21)22/h4-7,13,16,18H,8-12H2,1-3H3. The van der Waals surface area contributed by atoms with Crippen molar-refractivity contribution in [3.05, 3.63) is 24.3 Å². The van der Waals surface area contributed by atoms with Crippen molar-refractivity contribution in [2.45, 2.75) is 39.2 Å². The van der Waals surface area contributed by atoms with Gasteiger partial charge in [-0.2, -0.15) is 0 Å². The Morgan fingerprint density at radius 2 is 1.83 bits per heavy atom. The molecule has 1 saturated heterocycles. The Labute approximate surface area is 144 Å². The quantitative estimate of drug-likeness (QED) is 0.852. The van der Waals surface area contributed by atoms with Crippen LogP contribution in [0.2, 0.25) is 0 Å². The minimum absolute atomic E-state index is 0.0979. The Kier molecular flexibility index (Phi) is 6.23. The first kappa shape index (κ1) is 18.7. The zero-order valence-corrected chi connectivity index (χ0v) is 15.3. The fourth-order valence-corrected chi connectivity index (χ4v) is 3.42. The molecule has 0 spiro atoms. The van der Waals surface area contributed by atoms with Crippen molar-refractivity contribution < 1.29 is 17.9 Å². The third-order valence-corrected chi connectivity index (χ3v) is 4.46. The Morgan fingerprint density at radius 3 is 2.33 bits per heavy atom. The first-order valence-electron chi connectivity index (χ1n) is 8.24. The third-order valence-electron chi connectivity index (χ3n) is 3.86. The van der Waals surface area contributed by atoms with Gasteiger partial charge in [0.05, 0.1) is 6.26 Å². The van der Waals surface area contributed by atoms with E-state index in [0.29, 0.717) is 25.3 Å². The largest absolute Gasteiger partial charge is 0.381 e. The van der Waals surface area contributed by atoms with E-state index in [0.717, 1.165) is 24.8 Å². The predicted octanol–water partition coefficient (Wildman–Crippen LogP) is 2.62. The lowest BCUT2D eigenvalue weighted by Gasteiger charge is -2.35. The van der Waals surface area contributed by atoms with E-state index in [4.69, 9.17) is 4.74 Å². The Morgan fingerprint density at radius 1 is 1.25 bits per heavy atom. The average Bonchev–Trinajstić information content (AvgIpc) is 2.48. The molecule has 1 fully saturated rings. The highest BCUT2D eigenvalue weighted by Gasteiger charge is 2.27. The minimum Gasteiger partial charge on any atom is -0.381 e. The van der Waals surface area contributed by atoms with Gasteiger partial charge in [0.2, 0.25) is 15.9 Å². The number of nitrogens with zero attached hydrogens (tertiary/aromatic N) is 1. The number of hydrogen-bond acceptors (Lipinski definition) is 4. The van der Waals surface area contributed by atoms with Gasteiger partial charge in [0.25, 0.3) is 0 Å². The predicted molar refractivity (Wildman–Crippen MR) is 95.7 cm³/mol. The molecule has 0 unspecified atom stereocenters. The molecule has 0 saturated carbocycles. The van der Waals surface area contributed by atoms with Crippen LogP contribution in [-0.2, 0) is 19.6 Å². The molecule has 0 atom stereocenters. The zero-order valence-electron chi connectivity index (χ0n) is 14.5. The number of hydrogen-bond donors (Lipinski definition) is 1. The van der Waals surface area contributed by atoms with Crippen LogP contribution in [0.4, 0.5) is 11.4 Å². The number of carbonyl (C=O) groups is 1. The number of ether oxygens (including phenoxy) is 1. The molecule has 1 amide bonds. The van der Waals surface area contributed by atoms with E-state index in [1.807, 2.05) is 18.7 Å². The topological polar surface area (TPSA) is 75.7 Å². The maximum atomic E-state index is 12.7. The van der Waals surface area contributed by atoms with E-state index in [9.17, 15) is 13.2 Å². The molecule has 24 heavy (non-hydrogen) atoms. The summed E-state index contributed by atoms with van der Waals surface area (Å²) in [6.45, 7) is 5.37. The molecule has 0 bridgehead atoms. The highest BCUT2D eigenvalue weighted by Crippen LogP contribution is 2.26. The zero-order chi connectivity index (χ0) is 17.7. The van der Waals surface area contributed by atoms with Gasteiger partial charge < -0.3 is 9.64 Å². The summed E-state index contributed by atoms with van der Waals surface area (Å²) in [6.07, 6.45) is 3.22. The Hall–Kier alpha value is -1.60. The van der Waals surface area contributed by atoms with Crippen LogP contribution in [0.15, 0.2) is 24.3 Å². The molecule has 2 rings (SSSR count). The van der Waals surface area contributed by atoms with Gasteiger partial charge >= 0.3 is 0 Å². The van der Waals surface area contributed by atoms with Gasteiger partial charge in [-0.25, -0.2) is 8.42 Å². The first-order valence-corrected chi connectivity index (χ1v) is 10.1. The van der Waals surface area contributed by atoms with Crippen molar-refractivity contribution in [1.82, 2.24) is 0 Å². The number of benzene rings is 1. The summed E-state index contributed by atoms with van der Waals surface area (Å²) in [5, 5.41) is 0. The molecule has 1 aliphatic rings. The van der Waals surface area contributed by atoms with E-state index in [1.54, 1.807) is 24.3 Å². The molecule has 1 aromatic carbocycles. The van der Waals surface area contributed by atoms with Gasteiger partial charge in [-0.05, 0) is 43.0 Å². The lowest BCUT2D eigenvalue weighted by atomic mass is 10.0. The number of rotatable bonds is 6. The van der Waals surface area contributed by atoms with Gasteiger partial charge in [0.1, 0.15) is 0 Å². The van der Waals surface area contributed by atoms with Crippen molar-refractivity contribution in [2.24, 2.45) is 5.92 Å². The minimum atomic E-state index is -3.31. The number of amides is 1. The highest BCUT2D eigenvalue weighted by atomic mass is 32.2. The van der Waals surface area contributed by atoms with Crippen LogP contribution in [0.3, 0.4) is 0 Å². The van der Waals surface area contributed by atoms with Gasteiger partial charge in [-0.3, -0.25) is 9.52 Å². The molecule has 6 nitrogen and oxygen atoms in total. The number of anilines is 2. The molecular weight excluding hydrogens is 328 g/mol. The maximum absolute atomic E-state index is 12.7. The summed E-state index contributed by atoms with van der Waals surface area (Å²) in [5.74, 6) is 0.381. The smallest absolute Gasteiger partial charge is 0.229 e. The van der Waals surface area contributed by atoms with E-state index in [-0.39, 0.29) is 17.9 Å². The van der Waals surface area contributed by atoms with Crippen LogP contribution in [0.25, 0.3) is 0 Å². The molecule has 1 aromatic rings. The summed E-state index contributed by atoms with van der Waals surface area (Å²) >= 11 is 0. The van der Waals surface area contributed by atoms with Gasteiger partial charge in [0, 0.05) is 37.1 Å². The summed E-state index contributed by atoms with van der Waals surface area (Å²) in [7, 11) is -3.31. The molecular formula is C17H26N2O4S. The molecule has 0 aromatic heterocycles. The van der Waals surface area contributed by atoms with Gasteiger partial charge in [-0.1, -0.05) is 13.8 Å².